The van der Waals surface area contributed by atoms with Crippen LogP contribution in [0.3, 0.4) is 0 Å². The number of fused-ring (bicyclic) bond motifs is 8. The van der Waals surface area contributed by atoms with E-state index in [4.69, 9.17) is 0 Å². The predicted molar refractivity (Wildman–Crippen MR) is 173 cm³/mol. The van der Waals surface area contributed by atoms with Crippen LogP contribution in [0.5, 0.6) is 0 Å². The quantitative estimate of drug-likeness (QED) is 0.289. The van der Waals surface area contributed by atoms with Crippen molar-refractivity contribution < 1.29 is 0 Å². The maximum atomic E-state index is 2.57. The van der Waals surface area contributed by atoms with Crippen LogP contribution < -0.4 is 47.5 Å². The van der Waals surface area contributed by atoms with Gasteiger partial charge in [-0.1, -0.05) is 66.1 Å². The lowest BCUT2D eigenvalue weighted by Crippen LogP contribution is -2.65. The molecule has 40 heavy (non-hydrogen) atoms. The van der Waals surface area contributed by atoms with Gasteiger partial charge in [-0.25, -0.2) is 0 Å². The van der Waals surface area contributed by atoms with Crippen LogP contribution in [0.4, 0.5) is 34.1 Å². The molecule has 0 N–H and O–H groups in total. The number of benzene rings is 5. The highest BCUT2D eigenvalue weighted by Gasteiger charge is 2.44. The monoisotopic (exact) mass is 513 g/mol. The van der Waals surface area contributed by atoms with Gasteiger partial charge in [0.2, 0.25) is 6.71 Å². The van der Waals surface area contributed by atoms with Crippen LogP contribution in [0.2, 0.25) is 0 Å². The van der Waals surface area contributed by atoms with E-state index >= 15 is 0 Å². The molecule has 4 aliphatic heterocycles. The van der Waals surface area contributed by atoms with Gasteiger partial charge in [0.15, 0.2) is 0 Å². The van der Waals surface area contributed by atoms with E-state index in [1.54, 1.807) is 0 Å². The third-order valence-electron chi connectivity index (χ3n) is 9.99. The molecule has 0 saturated carbocycles. The van der Waals surface area contributed by atoms with Crippen LogP contribution in [0, 0.1) is 6.92 Å². The summed E-state index contributed by atoms with van der Waals surface area (Å²) in [5, 5.41) is 0. The zero-order valence-corrected chi connectivity index (χ0v) is 23.4. The van der Waals surface area contributed by atoms with Crippen molar-refractivity contribution in [2.75, 3.05) is 35.8 Å². The van der Waals surface area contributed by atoms with Crippen LogP contribution in [0.25, 0.3) is 0 Å². The molecular weight excluding hydrogens is 484 g/mol. The molecule has 4 aliphatic rings. The second kappa shape index (κ2) is 7.63. The van der Waals surface area contributed by atoms with E-state index in [0.717, 1.165) is 6.42 Å². The standard InChI is InChI=1S/C35H29B2N3/c1-21-16-23-18-22-10-5-6-11-24(22)36-26-19-27-31(20-32(26)40(4)33(17-21)34(23)36)39(3)30-15-9-14-29-35(30)37(27)25-12-7-8-13-28(25)38(29)2/h5-17,19-20H,18H2,1-4H3. The molecule has 5 aromatic carbocycles. The molecule has 190 valence electrons. The molecule has 0 unspecified atom stereocenters. The van der Waals surface area contributed by atoms with E-state index < -0.39 is 0 Å². The molecule has 0 bridgehead atoms. The zero-order valence-electron chi connectivity index (χ0n) is 23.4. The molecule has 0 atom stereocenters. The minimum absolute atomic E-state index is 0.207. The van der Waals surface area contributed by atoms with Crippen molar-refractivity contribution in [1.82, 2.24) is 0 Å². The first-order valence-electron chi connectivity index (χ1n) is 14.3. The Morgan fingerprint density at radius 2 is 1.07 bits per heavy atom. The average molecular weight is 513 g/mol. The molecule has 0 radical (unpaired) electrons. The fraction of sp³-hybridized carbons (Fsp3) is 0.143. The molecule has 0 fully saturated rings. The van der Waals surface area contributed by atoms with E-state index in [0.29, 0.717) is 0 Å². The summed E-state index contributed by atoms with van der Waals surface area (Å²) in [5.74, 6) is 0. The SMILES string of the molecule is Cc1cc2c3c(c1)N(C)c1cc4c(cc1B3c1ccccc1C2)B1c2ccccc2N(C)c2cccc(c21)N4C. The molecule has 0 aliphatic carbocycles. The summed E-state index contributed by atoms with van der Waals surface area (Å²) in [6.45, 7) is 2.69. The highest BCUT2D eigenvalue weighted by atomic mass is 15.2. The summed E-state index contributed by atoms with van der Waals surface area (Å²) in [6.07, 6.45) is 1.01. The van der Waals surface area contributed by atoms with Gasteiger partial charge in [0, 0.05) is 55.3 Å². The van der Waals surface area contributed by atoms with Crippen LogP contribution in [0.15, 0.2) is 91.0 Å². The Kier molecular flexibility index (Phi) is 4.28. The van der Waals surface area contributed by atoms with E-state index in [2.05, 4.69) is 134 Å². The summed E-state index contributed by atoms with van der Waals surface area (Å²) < 4.78 is 0. The molecule has 0 aromatic heterocycles. The second-order valence-electron chi connectivity index (χ2n) is 12.0. The highest BCUT2D eigenvalue weighted by Crippen LogP contribution is 2.38. The smallest absolute Gasteiger partial charge is 0.252 e. The highest BCUT2D eigenvalue weighted by molar-refractivity contribution is 7.02. The predicted octanol–water partition coefficient (Wildman–Crippen LogP) is 3.18. The Balaban J connectivity index is 1.36. The molecule has 5 heteroatoms. The summed E-state index contributed by atoms with van der Waals surface area (Å²) >= 11 is 0. The zero-order chi connectivity index (χ0) is 26.9. The van der Waals surface area contributed by atoms with Gasteiger partial charge in [0.05, 0.1) is 0 Å². The third-order valence-corrected chi connectivity index (χ3v) is 9.99. The Bertz CT molecular complexity index is 1930. The van der Waals surface area contributed by atoms with E-state index in [9.17, 15) is 0 Å². The van der Waals surface area contributed by atoms with Gasteiger partial charge >= 0.3 is 0 Å². The topological polar surface area (TPSA) is 9.72 Å². The van der Waals surface area contributed by atoms with Crippen molar-refractivity contribution in [3.63, 3.8) is 0 Å². The molecule has 0 saturated heterocycles. The largest absolute Gasteiger partial charge is 0.345 e. The van der Waals surface area contributed by atoms with Crippen molar-refractivity contribution >= 4 is 80.3 Å². The summed E-state index contributed by atoms with van der Waals surface area (Å²) in [5.41, 5.74) is 20.8. The third kappa shape index (κ3) is 2.68. The first-order valence-corrected chi connectivity index (χ1v) is 14.3. The number of para-hydroxylation sites is 1. The van der Waals surface area contributed by atoms with E-state index in [1.807, 2.05) is 0 Å². The van der Waals surface area contributed by atoms with Crippen LogP contribution >= 0.6 is 0 Å². The molecule has 0 amide bonds. The number of aryl methyl sites for hydroxylation is 1. The van der Waals surface area contributed by atoms with Crippen molar-refractivity contribution in [2.45, 2.75) is 13.3 Å². The van der Waals surface area contributed by atoms with Crippen LogP contribution in [-0.2, 0) is 6.42 Å². The summed E-state index contributed by atoms with van der Waals surface area (Å²) in [7, 11) is 6.71. The number of hydrogen-bond donors (Lipinski definition) is 0. The van der Waals surface area contributed by atoms with Crippen molar-refractivity contribution in [1.29, 1.82) is 0 Å². The number of anilines is 6. The molecule has 9 rings (SSSR count). The Labute approximate surface area is 236 Å². The first kappa shape index (κ1) is 22.4. The van der Waals surface area contributed by atoms with Gasteiger partial charge in [0.1, 0.15) is 0 Å². The molecule has 5 aromatic rings. The summed E-state index contributed by atoms with van der Waals surface area (Å²) in [4.78, 5) is 7.25. The van der Waals surface area contributed by atoms with Gasteiger partial charge in [-0.3, -0.25) is 0 Å². The summed E-state index contributed by atoms with van der Waals surface area (Å²) in [6, 6.07) is 34.7. The van der Waals surface area contributed by atoms with Crippen LogP contribution in [-0.4, -0.2) is 34.6 Å². The number of nitrogens with zero attached hydrogens (tertiary/aromatic N) is 3. The fourth-order valence-electron chi connectivity index (χ4n) is 8.25. The van der Waals surface area contributed by atoms with E-state index in [-0.39, 0.29) is 13.4 Å². The van der Waals surface area contributed by atoms with Gasteiger partial charge < -0.3 is 14.7 Å². The van der Waals surface area contributed by atoms with Gasteiger partial charge in [-0.2, -0.15) is 0 Å². The Hall–Kier alpha value is -4.37. The van der Waals surface area contributed by atoms with Crippen molar-refractivity contribution in [3.05, 3.63) is 108 Å². The van der Waals surface area contributed by atoms with Gasteiger partial charge in [0.25, 0.3) is 6.71 Å². The van der Waals surface area contributed by atoms with Crippen molar-refractivity contribution in [3.8, 4) is 0 Å². The lowest BCUT2D eigenvalue weighted by molar-refractivity contribution is 1.15. The van der Waals surface area contributed by atoms with Crippen LogP contribution in [0.1, 0.15) is 16.7 Å². The lowest BCUT2D eigenvalue weighted by atomic mass is 9.29. The molecule has 4 heterocycles. The normalized spacial score (nSPS) is 15.2. The van der Waals surface area contributed by atoms with Gasteiger partial charge in [-0.15, -0.1) is 0 Å². The number of rotatable bonds is 0. The molecular formula is C35H29B2N3. The molecule has 3 nitrogen and oxygen atoms in total. The fourth-order valence-corrected chi connectivity index (χ4v) is 8.25. The van der Waals surface area contributed by atoms with Crippen molar-refractivity contribution in [2.24, 2.45) is 0 Å². The minimum Gasteiger partial charge on any atom is -0.345 e. The average Bonchev–Trinajstić information content (AvgIpc) is 2.98. The minimum atomic E-state index is 0.207. The lowest BCUT2D eigenvalue weighted by Gasteiger charge is -2.44. The number of hydrogen-bond acceptors (Lipinski definition) is 3. The Morgan fingerprint density at radius 1 is 0.475 bits per heavy atom. The second-order valence-corrected chi connectivity index (χ2v) is 12.0. The maximum Gasteiger partial charge on any atom is 0.252 e. The van der Waals surface area contributed by atoms with E-state index in [1.165, 1.54) is 83.6 Å². The molecule has 0 spiro atoms. The first-order chi connectivity index (χ1) is 19.5. The maximum absolute atomic E-state index is 2.57. The van der Waals surface area contributed by atoms with Gasteiger partial charge in [-0.05, 0) is 87.7 Å². The Morgan fingerprint density at radius 3 is 1.85 bits per heavy atom.